The van der Waals surface area contributed by atoms with Crippen LogP contribution in [-0.2, 0) is 19.1 Å². The molecule has 0 aliphatic carbocycles. The third-order valence-electron chi connectivity index (χ3n) is 3.41. The molecule has 2 atom stereocenters. The fourth-order valence-electron chi connectivity index (χ4n) is 2.51. The lowest BCUT2D eigenvalue weighted by Gasteiger charge is -2.29. The van der Waals surface area contributed by atoms with Crippen molar-refractivity contribution >= 4 is 11.9 Å². The molecule has 0 saturated carbocycles. The van der Waals surface area contributed by atoms with Gasteiger partial charge in [0, 0.05) is 20.1 Å². The number of carbonyl (C=O) groups excluding carboxylic acids is 1. The molecule has 20 heavy (non-hydrogen) atoms. The summed E-state index contributed by atoms with van der Waals surface area (Å²) in [5, 5.41) is 11.7. The fourth-order valence-corrected chi connectivity index (χ4v) is 2.51. The van der Waals surface area contributed by atoms with Crippen molar-refractivity contribution in [2.75, 3.05) is 20.3 Å². The molecule has 6 nitrogen and oxygen atoms in total. The van der Waals surface area contributed by atoms with Crippen molar-refractivity contribution in [1.29, 1.82) is 0 Å². The van der Waals surface area contributed by atoms with Crippen LogP contribution in [0, 0.1) is 0 Å². The van der Waals surface area contributed by atoms with Crippen LogP contribution >= 0.6 is 0 Å². The number of nitrogens with one attached hydrogen (secondary N) is 1. The second-order valence-electron chi connectivity index (χ2n) is 5.64. The predicted octanol–water partition coefficient (Wildman–Crippen LogP) is 1.33. The quantitative estimate of drug-likeness (QED) is 0.703. The van der Waals surface area contributed by atoms with E-state index in [9.17, 15) is 9.59 Å². The maximum atomic E-state index is 11.9. The SMILES string of the molecule is COCC(C)(CC(=O)O)NC(=O)CCC1CCCCO1. The van der Waals surface area contributed by atoms with Gasteiger partial charge in [0.2, 0.25) is 5.91 Å². The Kier molecular flexibility index (Phi) is 6.95. The zero-order chi connectivity index (χ0) is 15.0. The molecule has 1 fully saturated rings. The normalized spacial score (nSPS) is 22.0. The van der Waals surface area contributed by atoms with Crippen LogP contribution in [0.25, 0.3) is 0 Å². The average molecular weight is 287 g/mol. The molecule has 0 radical (unpaired) electrons. The lowest BCUT2D eigenvalue weighted by Crippen LogP contribution is -2.50. The highest BCUT2D eigenvalue weighted by Crippen LogP contribution is 2.17. The number of amides is 1. The lowest BCUT2D eigenvalue weighted by atomic mass is 9.98. The second kappa shape index (κ2) is 8.21. The first-order chi connectivity index (χ1) is 9.45. The summed E-state index contributed by atoms with van der Waals surface area (Å²) in [4.78, 5) is 22.8. The highest BCUT2D eigenvalue weighted by Gasteiger charge is 2.29. The molecule has 1 aliphatic heterocycles. The van der Waals surface area contributed by atoms with Crippen molar-refractivity contribution in [2.45, 2.75) is 57.1 Å². The van der Waals surface area contributed by atoms with E-state index in [1.807, 2.05) is 0 Å². The predicted molar refractivity (Wildman–Crippen MR) is 73.5 cm³/mol. The molecular formula is C14H25NO5. The Bertz CT molecular complexity index is 328. The van der Waals surface area contributed by atoms with Gasteiger partial charge in [-0.1, -0.05) is 0 Å². The van der Waals surface area contributed by atoms with Crippen LogP contribution in [0.3, 0.4) is 0 Å². The Morgan fingerprint density at radius 2 is 2.20 bits per heavy atom. The Balaban J connectivity index is 2.38. The van der Waals surface area contributed by atoms with Gasteiger partial charge in [-0.3, -0.25) is 9.59 Å². The first kappa shape index (κ1) is 16.9. The van der Waals surface area contributed by atoms with E-state index in [-0.39, 0.29) is 25.0 Å². The minimum Gasteiger partial charge on any atom is -0.481 e. The molecule has 1 saturated heterocycles. The summed E-state index contributed by atoms with van der Waals surface area (Å²) in [5.74, 6) is -1.11. The summed E-state index contributed by atoms with van der Waals surface area (Å²) in [6, 6.07) is 0. The number of rotatable bonds is 8. The summed E-state index contributed by atoms with van der Waals surface area (Å²) < 4.78 is 10.6. The second-order valence-corrected chi connectivity index (χ2v) is 5.64. The monoisotopic (exact) mass is 287 g/mol. The van der Waals surface area contributed by atoms with E-state index in [0.29, 0.717) is 12.8 Å². The van der Waals surface area contributed by atoms with E-state index in [0.717, 1.165) is 25.9 Å². The largest absolute Gasteiger partial charge is 0.481 e. The van der Waals surface area contributed by atoms with Crippen molar-refractivity contribution in [3.05, 3.63) is 0 Å². The van der Waals surface area contributed by atoms with Crippen molar-refractivity contribution in [3.63, 3.8) is 0 Å². The molecular weight excluding hydrogens is 262 g/mol. The Hall–Kier alpha value is -1.14. The standard InChI is InChI=1S/C14H25NO5/c1-14(10-19-2,9-13(17)18)15-12(16)7-6-11-5-3-4-8-20-11/h11H,3-10H2,1-2H3,(H,15,16)(H,17,18). The van der Waals surface area contributed by atoms with Gasteiger partial charge in [-0.25, -0.2) is 0 Å². The van der Waals surface area contributed by atoms with Crippen molar-refractivity contribution in [3.8, 4) is 0 Å². The molecule has 0 bridgehead atoms. The third-order valence-corrected chi connectivity index (χ3v) is 3.41. The number of hydrogen-bond acceptors (Lipinski definition) is 4. The van der Waals surface area contributed by atoms with Crippen LogP contribution in [0.4, 0.5) is 0 Å². The summed E-state index contributed by atoms with van der Waals surface area (Å²) in [6.45, 7) is 2.62. The Morgan fingerprint density at radius 3 is 2.75 bits per heavy atom. The minimum absolute atomic E-state index is 0.153. The molecule has 0 aromatic rings. The summed E-state index contributed by atoms with van der Waals surface area (Å²) >= 11 is 0. The lowest BCUT2D eigenvalue weighted by molar-refractivity contribution is -0.139. The molecule has 116 valence electrons. The van der Waals surface area contributed by atoms with E-state index in [2.05, 4.69) is 5.32 Å². The third kappa shape index (κ3) is 6.34. The first-order valence-electron chi connectivity index (χ1n) is 7.08. The van der Waals surface area contributed by atoms with Crippen LogP contribution in [0.2, 0.25) is 0 Å². The van der Waals surface area contributed by atoms with Crippen molar-refractivity contribution < 1.29 is 24.2 Å². The van der Waals surface area contributed by atoms with Gasteiger partial charge in [0.1, 0.15) is 0 Å². The van der Waals surface area contributed by atoms with Gasteiger partial charge in [-0.2, -0.15) is 0 Å². The number of carboxylic acid groups (broad SMARTS) is 1. The Labute approximate surface area is 119 Å². The molecule has 1 rings (SSSR count). The van der Waals surface area contributed by atoms with E-state index >= 15 is 0 Å². The maximum absolute atomic E-state index is 11.9. The van der Waals surface area contributed by atoms with Gasteiger partial charge in [-0.15, -0.1) is 0 Å². The molecule has 0 spiro atoms. The van der Waals surface area contributed by atoms with Crippen LogP contribution < -0.4 is 5.32 Å². The number of ether oxygens (including phenoxy) is 2. The van der Waals surface area contributed by atoms with Crippen LogP contribution in [0.5, 0.6) is 0 Å². The summed E-state index contributed by atoms with van der Waals surface area (Å²) in [6.07, 6.45) is 4.26. The van der Waals surface area contributed by atoms with E-state index in [4.69, 9.17) is 14.6 Å². The van der Waals surface area contributed by atoms with Crippen molar-refractivity contribution in [1.82, 2.24) is 5.32 Å². The molecule has 0 aromatic heterocycles. The zero-order valence-corrected chi connectivity index (χ0v) is 12.3. The molecule has 2 unspecified atom stereocenters. The van der Waals surface area contributed by atoms with Gasteiger partial charge in [0.05, 0.1) is 24.7 Å². The van der Waals surface area contributed by atoms with Crippen LogP contribution in [0.15, 0.2) is 0 Å². The van der Waals surface area contributed by atoms with Crippen molar-refractivity contribution in [2.24, 2.45) is 0 Å². The van der Waals surface area contributed by atoms with E-state index in [1.165, 1.54) is 7.11 Å². The van der Waals surface area contributed by atoms with E-state index < -0.39 is 11.5 Å². The van der Waals surface area contributed by atoms with Gasteiger partial charge >= 0.3 is 5.97 Å². The zero-order valence-electron chi connectivity index (χ0n) is 12.3. The smallest absolute Gasteiger partial charge is 0.305 e. The minimum atomic E-state index is -0.958. The van der Waals surface area contributed by atoms with Gasteiger partial charge in [0.25, 0.3) is 0 Å². The summed E-state index contributed by atoms with van der Waals surface area (Å²) in [5.41, 5.74) is -0.870. The molecule has 1 aliphatic rings. The number of aliphatic carboxylic acids is 1. The molecule has 1 amide bonds. The molecule has 6 heteroatoms. The van der Waals surface area contributed by atoms with Gasteiger partial charge in [0.15, 0.2) is 0 Å². The highest BCUT2D eigenvalue weighted by atomic mass is 16.5. The average Bonchev–Trinajstić information content (AvgIpc) is 2.36. The van der Waals surface area contributed by atoms with Crippen LogP contribution in [0.1, 0.15) is 45.4 Å². The highest BCUT2D eigenvalue weighted by molar-refractivity contribution is 5.78. The number of methoxy groups -OCH3 is 1. The Morgan fingerprint density at radius 1 is 1.45 bits per heavy atom. The first-order valence-corrected chi connectivity index (χ1v) is 7.08. The fraction of sp³-hybridized carbons (Fsp3) is 0.857. The molecule has 1 heterocycles. The number of carbonyl (C=O) groups is 2. The maximum Gasteiger partial charge on any atom is 0.305 e. The number of carboxylic acids is 1. The van der Waals surface area contributed by atoms with E-state index in [1.54, 1.807) is 6.92 Å². The summed E-state index contributed by atoms with van der Waals surface area (Å²) in [7, 11) is 1.49. The molecule has 0 aromatic carbocycles. The van der Waals surface area contributed by atoms with Crippen LogP contribution in [-0.4, -0.2) is 48.9 Å². The topological polar surface area (TPSA) is 84.9 Å². The van der Waals surface area contributed by atoms with Gasteiger partial charge in [-0.05, 0) is 32.6 Å². The molecule has 2 N–H and O–H groups in total. The number of hydrogen-bond donors (Lipinski definition) is 2. The van der Waals surface area contributed by atoms with Gasteiger partial charge < -0.3 is 19.9 Å².